The van der Waals surface area contributed by atoms with Gasteiger partial charge in [0.15, 0.2) is 6.10 Å². The largest absolute Gasteiger partial charge is 0.479 e. The maximum absolute atomic E-state index is 13.6. The number of fused-ring (bicyclic) bond motifs is 1. The number of hydrogen-bond acceptors (Lipinski definition) is 8. The third-order valence-electron chi connectivity index (χ3n) is 7.69. The van der Waals surface area contributed by atoms with Gasteiger partial charge in [-0.25, -0.2) is 13.6 Å². The molecule has 6 heterocycles. The third-order valence-corrected chi connectivity index (χ3v) is 7.69. The molecule has 2 aliphatic heterocycles. The molecule has 2 fully saturated rings. The molecule has 10 nitrogen and oxygen atoms in total. The number of aromatic nitrogens is 6. The molecule has 4 aromatic heterocycles. The molecule has 1 atom stereocenters. The topological polar surface area (TPSA) is 91.8 Å². The SMILES string of the molecule is CC#Cc1cnn2cc(-c3nnn(C4CCN(C5COC5)CC4)c3C)cc(OC(COC)c3ccc(F)cn3)c12. The lowest BCUT2D eigenvalue weighted by atomic mass is 10.0. The highest BCUT2D eigenvalue weighted by atomic mass is 19.1. The fourth-order valence-electron chi connectivity index (χ4n) is 5.48. The highest BCUT2D eigenvalue weighted by molar-refractivity contribution is 5.75. The molecular weight excluding hydrogens is 513 g/mol. The second kappa shape index (κ2) is 11.3. The molecule has 0 N–H and O–H groups in total. The van der Waals surface area contributed by atoms with E-state index in [0.29, 0.717) is 23.5 Å². The van der Waals surface area contributed by atoms with Crippen LogP contribution < -0.4 is 4.74 Å². The Morgan fingerprint density at radius 2 is 2.00 bits per heavy atom. The first kappa shape index (κ1) is 26.4. The Balaban J connectivity index is 1.34. The van der Waals surface area contributed by atoms with Crippen LogP contribution in [-0.2, 0) is 9.47 Å². The highest BCUT2D eigenvalue weighted by Gasteiger charge is 2.31. The summed E-state index contributed by atoms with van der Waals surface area (Å²) in [6.07, 6.45) is 6.28. The smallest absolute Gasteiger partial charge is 0.164 e. The zero-order valence-electron chi connectivity index (χ0n) is 22.9. The van der Waals surface area contributed by atoms with Crippen LogP contribution in [0.25, 0.3) is 16.8 Å². The molecule has 40 heavy (non-hydrogen) atoms. The van der Waals surface area contributed by atoms with Crippen LogP contribution in [0.5, 0.6) is 5.75 Å². The van der Waals surface area contributed by atoms with E-state index in [1.165, 1.54) is 12.3 Å². The molecule has 6 rings (SSSR count). The van der Waals surface area contributed by atoms with Crippen LogP contribution in [-0.4, -0.2) is 80.6 Å². The Kier molecular flexibility index (Phi) is 7.47. The van der Waals surface area contributed by atoms with Crippen molar-refractivity contribution in [2.75, 3.05) is 40.0 Å². The molecular formula is C29H32FN7O3. The van der Waals surface area contributed by atoms with Gasteiger partial charge in [-0.2, -0.15) is 5.10 Å². The lowest BCUT2D eigenvalue weighted by Crippen LogP contribution is -2.52. The van der Waals surface area contributed by atoms with Gasteiger partial charge in [-0.1, -0.05) is 11.1 Å². The summed E-state index contributed by atoms with van der Waals surface area (Å²) in [4.78, 5) is 6.75. The molecule has 2 aliphatic rings. The van der Waals surface area contributed by atoms with E-state index in [-0.39, 0.29) is 6.61 Å². The van der Waals surface area contributed by atoms with Crippen molar-refractivity contribution in [2.45, 2.75) is 44.9 Å². The minimum Gasteiger partial charge on any atom is -0.479 e. The second-order valence-electron chi connectivity index (χ2n) is 10.2. The van der Waals surface area contributed by atoms with Gasteiger partial charge < -0.3 is 14.2 Å². The summed E-state index contributed by atoms with van der Waals surface area (Å²) in [7, 11) is 1.59. The van der Waals surface area contributed by atoms with Gasteiger partial charge in [0, 0.05) is 32.0 Å². The lowest BCUT2D eigenvalue weighted by Gasteiger charge is -2.41. The zero-order chi connectivity index (χ0) is 27.6. The Morgan fingerprint density at radius 1 is 1.18 bits per heavy atom. The van der Waals surface area contributed by atoms with Gasteiger partial charge in [-0.15, -0.1) is 11.0 Å². The Bertz CT molecular complexity index is 1540. The zero-order valence-corrected chi connectivity index (χ0v) is 22.9. The summed E-state index contributed by atoms with van der Waals surface area (Å²) in [5.41, 5.74) is 4.58. The van der Waals surface area contributed by atoms with Crippen molar-refractivity contribution in [3.63, 3.8) is 0 Å². The van der Waals surface area contributed by atoms with Gasteiger partial charge in [0.25, 0.3) is 0 Å². The van der Waals surface area contributed by atoms with Gasteiger partial charge in [0.2, 0.25) is 0 Å². The first-order valence-corrected chi connectivity index (χ1v) is 13.5. The molecule has 0 aromatic carbocycles. The Labute approximate surface area is 232 Å². The molecule has 0 aliphatic carbocycles. The van der Waals surface area contributed by atoms with Crippen LogP contribution in [0.15, 0.2) is 36.8 Å². The predicted molar refractivity (Wildman–Crippen MR) is 145 cm³/mol. The van der Waals surface area contributed by atoms with Crippen LogP contribution in [0.4, 0.5) is 4.39 Å². The van der Waals surface area contributed by atoms with E-state index < -0.39 is 11.9 Å². The molecule has 0 radical (unpaired) electrons. The minimum atomic E-state index is -0.579. The predicted octanol–water partition coefficient (Wildman–Crippen LogP) is 3.61. The van der Waals surface area contributed by atoms with Crippen molar-refractivity contribution < 1.29 is 18.6 Å². The quantitative estimate of drug-likeness (QED) is 0.310. The number of hydrogen-bond donors (Lipinski definition) is 0. The van der Waals surface area contributed by atoms with Crippen LogP contribution in [0, 0.1) is 24.6 Å². The lowest BCUT2D eigenvalue weighted by molar-refractivity contribution is -0.0735. The summed E-state index contributed by atoms with van der Waals surface area (Å²) in [6, 6.07) is 5.75. The third kappa shape index (κ3) is 5.06. The summed E-state index contributed by atoms with van der Waals surface area (Å²) >= 11 is 0. The molecule has 2 saturated heterocycles. The van der Waals surface area contributed by atoms with E-state index in [1.807, 2.05) is 12.3 Å². The average Bonchev–Trinajstić information content (AvgIpc) is 3.52. The van der Waals surface area contributed by atoms with Crippen molar-refractivity contribution in [1.82, 2.24) is 34.5 Å². The minimum absolute atomic E-state index is 0.221. The van der Waals surface area contributed by atoms with E-state index in [2.05, 4.69) is 48.7 Å². The van der Waals surface area contributed by atoms with E-state index in [0.717, 1.165) is 67.2 Å². The van der Waals surface area contributed by atoms with E-state index in [4.69, 9.17) is 14.2 Å². The first-order valence-electron chi connectivity index (χ1n) is 13.5. The summed E-state index contributed by atoms with van der Waals surface area (Å²) in [6.45, 7) is 7.80. The number of pyridine rings is 2. The molecule has 4 aromatic rings. The van der Waals surface area contributed by atoms with Crippen molar-refractivity contribution >= 4 is 5.52 Å². The average molecular weight is 546 g/mol. The van der Waals surface area contributed by atoms with Gasteiger partial charge >= 0.3 is 0 Å². The number of methoxy groups -OCH3 is 1. The second-order valence-corrected chi connectivity index (χ2v) is 10.2. The van der Waals surface area contributed by atoms with E-state index >= 15 is 0 Å². The standard InChI is InChI=1S/C29H32FN7O3/c1-4-5-20-13-32-36-15-21(12-26(29(20)36)40-27(18-38-3)25-7-6-22(30)14-31-25)28-19(2)37(34-33-28)23-8-10-35(11-9-23)24-16-39-17-24/h6-7,12-15,23-24,27H,8-11,16-18H2,1-3H3. The Hall–Kier alpha value is -3.85. The maximum Gasteiger partial charge on any atom is 0.164 e. The summed E-state index contributed by atoms with van der Waals surface area (Å²) in [5, 5.41) is 13.7. The number of rotatable bonds is 8. The Morgan fingerprint density at radius 3 is 2.67 bits per heavy atom. The summed E-state index contributed by atoms with van der Waals surface area (Å²) in [5.74, 6) is 6.18. The van der Waals surface area contributed by atoms with Crippen molar-refractivity contribution in [3.8, 4) is 28.8 Å². The van der Waals surface area contributed by atoms with Crippen LogP contribution in [0.2, 0.25) is 0 Å². The molecule has 1 unspecified atom stereocenters. The first-order chi connectivity index (χ1) is 19.6. The molecule has 0 bridgehead atoms. The van der Waals surface area contributed by atoms with Crippen molar-refractivity contribution in [2.24, 2.45) is 0 Å². The number of nitrogens with zero attached hydrogens (tertiary/aromatic N) is 7. The highest BCUT2D eigenvalue weighted by Crippen LogP contribution is 2.35. The van der Waals surface area contributed by atoms with Gasteiger partial charge in [0.1, 0.15) is 22.8 Å². The number of likely N-dealkylation sites (tertiary alicyclic amines) is 1. The fraction of sp³-hybridized carbons (Fsp3) is 0.448. The number of halogens is 1. The normalized spacial score (nSPS) is 17.4. The molecule has 208 valence electrons. The van der Waals surface area contributed by atoms with E-state index in [1.54, 1.807) is 30.8 Å². The number of ether oxygens (including phenoxy) is 3. The summed E-state index contributed by atoms with van der Waals surface area (Å²) < 4.78 is 34.7. The fourth-order valence-corrected chi connectivity index (χ4v) is 5.48. The van der Waals surface area contributed by atoms with Gasteiger partial charge in [-0.05, 0) is 44.9 Å². The van der Waals surface area contributed by atoms with Crippen molar-refractivity contribution in [1.29, 1.82) is 0 Å². The van der Waals surface area contributed by atoms with Crippen LogP contribution in [0.3, 0.4) is 0 Å². The monoisotopic (exact) mass is 545 g/mol. The van der Waals surface area contributed by atoms with Gasteiger partial charge in [0.05, 0.1) is 61.2 Å². The van der Waals surface area contributed by atoms with E-state index in [9.17, 15) is 4.39 Å². The molecule has 11 heteroatoms. The van der Waals surface area contributed by atoms with Crippen molar-refractivity contribution in [3.05, 3.63) is 59.6 Å². The molecule has 0 saturated carbocycles. The van der Waals surface area contributed by atoms with Crippen LogP contribution >= 0.6 is 0 Å². The van der Waals surface area contributed by atoms with Crippen LogP contribution in [0.1, 0.15) is 48.9 Å². The van der Waals surface area contributed by atoms with Gasteiger partial charge in [-0.3, -0.25) is 9.88 Å². The molecule has 0 amide bonds. The molecule has 0 spiro atoms. The number of piperidine rings is 1. The maximum atomic E-state index is 13.6.